The average Bonchev–Trinajstić information content (AvgIpc) is 3.21. The van der Waals surface area contributed by atoms with Crippen molar-refractivity contribution in [3.8, 4) is 0 Å². The van der Waals surface area contributed by atoms with E-state index in [9.17, 15) is 9.59 Å². The third-order valence-corrected chi connectivity index (χ3v) is 9.71. The van der Waals surface area contributed by atoms with Crippen molar-refractivity contribution in [2.45, 2.75) is 77.0 Å². The Morgan fingerprint density at radius 3 is 2.67 bits per heavy atom. The van der Waals surface area contributed by atoms with Gasteiger partial charge < -0.3 is 19.5 Å². The summed E-state index contributed by atoms with van der Waals surface area (Å²) in [5.41, 5.74) is 1.68. The summed E-state index contributed by atoms with van der Waals surface area (Å²) < 4.78 is 18.5. The van der Waals surface area contributed by atoms with Gasteiger partial charge in [-0.15, -0.1) is 0 Å². The van der Waals surface area contributed by atoms with Crippen LogP contribution < -0.4 is 5.32 Å². The van der Waals surface area contributed by atoms with Gasteiger partial charge in [-0.1, -0.05) is 67.9 Å². The quantitative estimate of drug-likeness (QED) is 0.225. The lowest BCUT2D eigenvalue weighted by molar-refractivity contribution is -0.571. The number of hydrogen-bond acceptors (Lipinski definition) is 7. The maximum absolute atomic E-state index is 12.9. The molecule has 1 amide bonds. The second kappa shape index (κ2) is 11.8. The summed E-state index contributed by atoms with van der Waals surface area (Å²) in [7, 11) is 0. The van der Waals surface area contributed by atoms with Crippen molar-refractivity contribution in [2.75, 3.05) is 6.61 Å². The molecule has 1 spiro atoms. The minimum Gasteiger partial charge on any atom is -0.367 e. The van der Waals surface area contributed by atoms with Gasteiger partial charge in [-0.05, 0) is 67.4 Å². The number of carbonyl (C=O) groups excluding carboxylic acids is 2. The number of nitrogens with one attached hydrogen (secondary N) is 1. The second-order valence-corrected chi connectivity index (χ2v) is 12.8. The maximum atomic E-state index is 12.9. The number of amides is 1. The number of halogens is 1. The highest BCUT2D eigenvalue weighted by molar-refractivity contribution is 6.31. The predicted molar refractivity (Wildman–Crippen MR) is 156 cm³/mol. The highest BCUT2D eigenvalue weighted by Crippen LogP contribution is 2.60. The highest BCUT2D eigenvalue weighted by atomic mass is 35.5. The molecule has 1 N–H and O–H groups in total. The van der Waals surface area contributed by atoms with E-state index in [1.165, 1.54) is 6.08 Å². The fourth-order valence-corrected chi connectivity index (χ4v) is 7.36. The molecule has 8 nitrogen and oxygen atoms in total. The van der Waals surface area contributed by atoms with E-state index in [0.717, 1.165) is 36.8 Å². The molecule has 1 saturated carbocycles. The van der Waals surface area contributed by atoms with Crippen LogP contribution in [0, 0.1) is 23.7 Å². The first-order valence-corrected chi connectivity index (χ1v) is 15.2. The molecule has 0 unspecified atom stereocenters. The molecule has 4 saturated heterocycles. The molecule has 2 aromatic carbocycles. The number of ether oxygens (including phenoxy) is 3. The van der Waals surface area contributed by atoms with Crippen LogP contribution in [0.1, 0.15) is 67.9 Å². The topological polar surface area (TPSA) is 92.3 Å². The molecule has 9 heteroatoms. The molecule has 0 radical (unpaired) electrons. The zero-order valence-corrected chi connectivity index (χ0v) is 25.0. The molecule has 5 fully saturated rings. The van der Waals surface area contributed by atoms with Crippen LogP contribution in [0.5, 0.6) is 0 Å². The van der Waals surface area contributed by atoms with Gasteiger partial charge >= 0.3 is 0 Å². The van der Waals surface area contributed by atoms with Crippen molar-refractivity contribution in [1.82, 2.24) is 5.32 Å². The zero-order chi connectivity index (χ0) is 29.5. The summed E-state index contributed by atoms with van der Waals surface area (Å²) in [4.78, 5) is 37.3. The van der Waals surface area contributed by atoms with Crippen LogP contribution in [0.3, 0.4) is 0 Å². The molecule has 224 valence electrons. The van der Waals surface area contributed by atoms with Crippen molar-refractivity contribution >= 4 is 29.4 Å². The highest BCUT2D eigenvalue weighted by Gasteiger charge is 2.69. The lowest BCUT2D eigenvalue weighted by atomic mass is 9.58. The van der Waals surface area contributed by atoms with E-state index in [-0.39, 0.29) is 42.7 Å². The molecular weight excluding hydrogens is 558 g/mol. The summed E-state index contributed by atoms with van der Waals surface area (Å²) in [5.74, 6) is -0.307. The van der Waals surface area contributed by atoms with Gasteiger partial charge in [0, 0.05) is 28.8 Å². The van der Waals surface area contributed by atoms with E-state index in [4.69, 9.17) is 35.6 Å². The fourth-order valence-electron chi connectivity index (χ4n) is 7.17. The van der Waals surface area contributed by atoms with Crippen LogP contribution in [0.25, 0.3) is 6.08 Å². The smallest absolute Gasteiger partial charge is 0.248 e. The summed E-state index contributed by atoms with van der Waals surface area (Å²) in [6.45, 7) is 6.46. The standard InChI is InChI=1S/C33H38ClNO7/c1-20-7-13-27-21(2)30(39-31-33(27)26(20)15-16-32(3,40-31)41-42-33)35-29(37)19-38-18-23-10-8-22(9-11-23)12-14-28(36)24-5-4-6-25(34)17-24/h4-6,8-12,14,17,20-21,26-27,30-31H,7,13,15-16,18-19H2,1-3H3,(H,35,37)/b14-12+/t20-,21-,26+,27+,30+,31-,32-,33-/m1/s1. The monoisotopic (exact) mass is 595 g/mol. The van der Waals surface area contributed by atoms with Crippen LogP contribution in [0.4, 0.5) is 0 Å². The van der Waals surface area contributed by atoms with Crippen molar-refractivity contribution in [2.24, 2.45) is 23.7 Å². The minimum atomic E-state index is -0.854. The Labute approximate surface area is 251 Å². The zero-order valence-electron chi connectivity index (χ0n) is 24.2. The molecule has 1 aliphatic carbocycles. The minimum absolute atomic E-state index is 0.0150. The Balaban J connectivity index is 1.01. The van der Waals surface area contributed by atoms with Gasteiger partial charge in [-0.2, -0.15) is 0 Å². The Hall–Kier alpha value is -2.59. The fraction of sp³-hybridized carbons (Fsp3) is 0.515. The van der Waals surface area contributed by atoms with Gasteiger partial charge in [0.05, 0.1) is 6.61 Å². The van der Waals surface area contributed by atoms with Gasteiger partial charge in [-0.25, -0.2) is 9.78 Å². The number of rotatable bonds is 8. The van der Waals surface area contributed by atoms with Crippen molar-refractivity contribution in [1.29, 1.82) is 0 Å². The predicted octanol–water partition coefficient (Wildman–Crippen LogP) is 6.08. The van der Waals surface area contributed by atoms with E-state index in [2.05, 4.69) is 19.2 Å². The van der Waals surface area contributed by atoms with Gasteiger partial charge in [0.2, 0.25) is 11.7 Å². The Bertz CT molecular complexity index is 1350. The normalized spacial score (nSPS) is 35.4. The third kappa shape index (κ3) is 5.68. The first kappa shape index (κ1) is 29.5. The number of hydrogen-bond donors (Lipinski definition) is 1. The number of benzene rings is 2. The molecule has 2 aromatic rings. The van der Waals surface area contributed by atoms with Crippen molar-refractivity contribution in [3.63, 3.8) is 0 Å². The molecule has 42 heavy (non-hydrogen) atoms. The van der Waals surface area contributed by atoms with Crippen molar-refractivity contribution in [3.05, 3.63) is 76.3 Å². The largest absolute Gasteiger partial charge is 0.367 e. The Kier molecular flexibility index (Phi) is 8.30. The van der Waals surface area contributed by atoms with Crippen LogP contribution in [0.15, 0.2) is 54.6 Å². The molecule has 4 aliphatic heterocycles. The lowest BCUT2D eigenvalue weighted by Gasteiger charge is -2.60. The van der Waals surface area contributed by atoms with Crippen LogP contribution in [-0.2, 0) is 35.4 Å². The van der Waals surface area contributed by atoms with Crippen molar-refractivity contribution < 1.29 is 33.6 Å². The van der Waals surface area contributed by atoms with Gasteiger partial charge in [0.15, 0.2) is 17.7 Å². The van der Waals surface area contributed by atoms with Crippen LogP contribution >= 0.6 is 11.6 Å². The van der Waals surface area contributed by atoms with E-state index in [1.807, 2.05) is 31.2 Å². The lowest BCUT2D eigenvalue weighted by Crippen LogP contribution is -2.72. The SMILES string of the molecule is C[C@H]1[C@@H](NC(=O)COCc2ccc(/C=C/C(=O)c3cccc(Cl)c3)cc2)O[C@@H]2O[C@@]3(C)CC[C@H]4[C@H](C)CC[C@@H]1[C@@]24OO3. The second-order valence-electron chi connectivity index (χ2n) is 12.3. The van der Waals surface area contributed by atoms with Gasteiger partial charge in [0.25, 0.3) is 0 Å². The molecule has 2 bridgehead atoms. The number of fused-ring (bicyclic) bond motifs is 2. The number of carbonyl (C=O) groups is 2. The van der Waals surface area contributed by atoms with E-state index in [1.54, 1.807) is 30.3 Å². The Morgan fingerprint density at radius 1 is 1.07 bits per heavy atom. The number of ketones is 1. The van der Waals surface area contributed by atoms with E-state index < -0.39 is 23.9 Å². The molecule has 4 heterocycles. The van der Waals surface area contributed by atoms with E-state index in [0.29, 0.717) is 16.5 Å². The summed E-state index contributed by atoms with van der Waals surface area (Å²) in [6, 6.07) is 14.5. The van der Waals surface area contributed by atoms with E-state index >= 15 is 0 Å². The average molecular weight is 596 g/mol. The Morgan fingerprint density at radius 2 is 1.88 bits per heavy atom. The van der Waals surface area contributed by atoms with Gasteiger partial charge in [0.1, 0.15) is 12.8 Å². The van der Waals surface area contributed by atoms with Gasteiger partial charge in [-0.3, -0.25) is 9.59 Å². The summed E-state index contributed by atoms with van der Waals surface area (Å²) in [5, 5.41) is 3.56. The van der Waals surface area contributed by atoms with Crippen LogP contribution in [-0.4, -0.2) is 42.2 Å². The first-order valence-electron chi connectivity index (χ1n) is 14.8. The van der Waals surface area contributed by atoms with Crippen LogP contribution in [0.2, 0.25) is 5.02 Å². The first-order chi connectivity index (χ1) is 20.2. The maximum Gasteiger partial charge on any atom is 0.248 e. The molecule has 7 rings (SSSR count). The molecular formula is C33H38ClNO7. The summed E-state index contributed by atoms with van der Waals surface area (Å²) >= 11 is 5.98. The molecule has 5 aliphatic rings. The molecule has 0 aromatic heterocycles. The third-order valence-electron chi connectivity index (χ3n) is 9.48. The molecule has 8 atom stereocenters. The number of allylic oxidation sites excluding steroid dienone is 1. The summed E-state index contributed by atoms with van der Waals surface area (Å²) in [6.07, 6.45) is 5.94.